The number of piperidine rings is 1. The van der Waals surface area contributed by atoms with Crippen LogP contribution in [0.3, 0.4) is 0 Å². The van der Waals surface area contributed by atoms with Crippen molar-refractivity contribution in [2.75, 3.05) is 6.54 Å². The first kappa shape index (κ1) is 12.9. The Bertz CT molecular complexity index is 693. The molecule has 2 saturated heterocycles. The molecule has 0 aromatic heterocycles. The minimum Gasteiger partial charge on any atom is -0.508 e. The van der Waals surface area contributed by atoms with E-state index in [4.69, 9.17) is 0 Å². The van der Waals surface area contributed by atoms with E-state index >= 15 is 0 Å². The van der Waals surface area contributed by atoms with Crippen molar-refractivity contribution >= 4 is 5.78 Å². The van der Waals surface area contributed by atoms with E-state index in [1.807, 2.05) is 18.2 Å². The number of hydrogen-bond acceptors (Lipinski definition) is 3. The van der Waals surface area contributed by atoms with Gasteiger partial charge in [0.1, 0.15) is 5.75 Å². The maximum atomic E-state index is 12.0. The largest absolute Gasteiger partial charge is 0.508 e. The summed E-state index contributed by atoms with van der Waals surface area (Å²) in [6.45, 7) is 1.20. The van der Waals surface area contributed by atoms with Gasteiger partial charge < -0.3 is 5.11 Å². The molecule has 0 saturated carbocycles. The van der Waals surface area contributed by atoms with Crippen LogP contribution in [0.2, 0.25) is 0 Å². The van der Waals surface area contributed by atoms with Gasteiger partial charge in [-0.3, -0.25) is 9.69 Å². The first-order valence-corrected chi connectivity index (χ1v) is 8.54. The molecule has 3 nitrogen and oxygen atoms in total. The normalized spacial score (nSPS) is 36.4. The van der Waals surface area contributed by atoms with Crippen LogP contribution in [0.5, 0.6) is 5.75 Å². The Morgan fingerprint density at radius 2 is 2.09 bits per heavy atom. The lowest BCUT2D eigenvalue weighted by Crippen LogP contribution is -2.52. The van der Waals surface area contributed by atoms with Gasteiger partial charge in [0.25, 0.3) is 0 Å². The molecule has 0 amide bonds. The Hall–Kier alpha value is -1.61. The molecule has 4 atom stereocenters. The van der Waals surface area contributed by atoms with Crippen LogP contribution in [0.1, 0.15) is 42.7 Å². The number of rotatable bonds is 0. The van der Waals surface area contributed by atoms with E-state index < -0.39 is 0 Å². The monoisotopic (exact) mass is 295 g/mol. The molecule has 22 heavy (non-hydrogen) atoms. The molecule has 3 heteroatoms. The molecule has 6 rings (SSSR count). The number of carbonyl (C=O) groups is 1. The SMILES string of the molecule is O=C1C=C2[C@@H](CC1)[C@@H]1Cc3ccc(O)cc3[C@@H]2[C@@H]2CCCN12. The highest BCUT2D eigenvalue weighted by Crippen LogP contribution is 2.53. The summed E-state index contributed by atoms with van der Waals surface area (Å²) in [7, 11) is 0. The van der Waals surface area contributed by atoms with Gasteiger partial charge in [-0.15, -0.1) is 0 Å². The molecular formula is C19H21NO2. The first-order valence-electron chi connectivity index (χ1n) is 8.54. The summed E-state index contributed by atoms with van der Waals surface area (Å²) in [5, 5.41) is 10.00. The van der Waals surface area contributed by atoms with Gasteiger partial charge in [0.05, 0.1) is 0 Å². The summed E-state index contributed by atoms with van der Waals surface area (Å²) in [6.07, 6.45) is 7.22. The maximum Gasteiger partial charge on any atom is 0.155 e. The predicted octanol–water partition coefficient (Wildman–Crippen LogP) is 2.78. The second-order valence-corrected chi connectivity index (χ2v) is 7.34. The fourth-order valence-corrected chi connectivity index (χ4v) is 5.53. The van der Waals surface area contributed by atoms with Crippen molar-refractivity contribution in [3.05, 3.63) is 41.0 Å². The Labute approximate surface area is 130 Å². The molecule has 2 bridgehead atoms. The van der Waals surface area contributed by atoms with Crippen LogP contribution in [0.4, 0.5) is 0 Å². The molecule has 5 aliphatic rings. The van der Waals surface area contributed by atoms with Crippen molar-refractivity contribution in [1.29, 1.82) is 0 Å². The molecule has 3 heterocycles. The van der Waals surface area contributed by atoms with Crippen molar-refractivity contribution < 1.29 is 9.90 Å². The van der Waals surface area contributed by atoms with Gasteiger partial charge in [-0.1, -0.05) is 11.6 Å². The van der Waals surface area contributed by atoms with Crippen LogP contribution >= 0.6 is 0 Å². The predicted molar refractivity (Wildman–Crippen MR) is 83.9 cm³/mol. The van der Waals surface area contributed by atoms with E-state index in [0.29, 0.717) is 41.9 Å². The number of ketones is 1. The van der Waals surface area contributed by atoms with Crippen LogP contribution in [0.15, 0.2) is 29.8 Å². The number of benzene rings is 1. The van der Waals surface area contributed by atoms with E-state index in [9.17, 15) is 9.90 Å². The number of phenolic OH excluding ortho intramolecular Hbond substituents is 1. The lowest BCUT2D eigenvalue weighted by atomic mass is 9.69. The third-order valence-corrected chi connectivity index (χ3v) is 6.33. The zero-order chi connectivity index (χ0) is 14.8. The highest BCUT2D eigenvalue weighted by atomic mass is 16.3. The molecule has 0 unspecified atom stereocenters. The molecule has 2 aliphatic carbocycles. The van der Waals surface area contributed by atoms with Gasteiger partial charge in [-0.05, 0) is 67.5 Å². The Balaban J connectivity index is 1.75. The average Bonchev–Trinajstić information content (AvgIpc) is 2.89. The zero-order valence-corrected chi connectivity index (χ0v) is 12.7. The Kier molecular flexibility index (Phi) is 2.61. The van der Waals surface area contributed by atoms with Crippen LogP contribution in [0.25, 0.3) is 0 Å². The van der Waals surface area contributed by atoms with Crippen LogP contribution in [-0.2, 0) is 11.2 Å². The molecule has 2 fully saturated rings. The van der Waals surface area contributed by atoms with Crippen LogP contribution in [-0.4, -0.2) is 34.4 Å². The molecule has 1 N–H and O–H groups in total. The van der Waals surface area contributed by atoms with E-state index in [-0.39, 0.29) is 0 Å². The van der Waals surface area contributed by atoms with Crippen molar-refractivity contribution in [3.63, 3.8) is 0 Å². The second-order valence-electron chi connectivity index (χ2n) is 7.34. The lowest BCUT2D eigenvalue weighted by Gasteiger charge is -2.48. The third kappa shape index (κ3) is 1.63. The molecule has 1 aromatic carbocycles. The summed E-state index contributed by atoms with van der Waals surface area (Å²) in [4.78, 5) is 14.8. The minimum absolute atomic E-state index is 0.296. The summed E-state index contributed by atoms with van der Waals surface area (Å²) in [6, 6.07) is 6.96. The van der Waals surface area contributed by atoms with Crippen LogP contribution < -0.4 is 0 Å². The minimum atomic E-state index is 0.296. The summed E-state index contributed by atoms with van der Waals surface area (Å²) in [5.74, 6) is 1.50. The molecule has 114 valence electrons. The van der Waals surface area contributed by atoms with Crippen molar-refractivity contribution in [3.8, 4) is 5.75 Å². The van der Waals surface area contributed by atoms with E-state index in [1.165, 1.54) is 36.1 Å². The molecule has 1 aromatic rings. The maximum absolute atomic E-state index is 12.0. The zero-order valence-electron chi connectivity index (χ0n) is 12.7. The third-order valence-electron chi connectivity index (χ3n) is 6.33. The lowest BCUT2D eigenvalue weighted by molar-refractivity contribution is -0.115. The van der Waals surface area contributed by atoms with E-state index in [2.05, 4.69) is 11.0 Å². The molecular weight excluding hydrogens is 274 g/mol. The molecule has 0 radical (unpaired) electrons. The number of hydrogen-bond donors (Lipinski definition) is 1. The number of aromatic hydroxyl groups is 1. The van der Waals surface area contributed by atoms with Gasteiger partial charge in [0.15, 0.2) is 5.78 Å². The summed E-state index contributed by atoms with van der Waals surface area (Å²) in [5.41, 5.74) is 4.03. The van der Waals surface area contributed by atoms with Gasteiger partial charge >= 0.3 is 0 Å². The quantitative estimate of drug-likeness (QED) is 0.800. The number of allylic oxidation sites excluding steroid dienone is 1. The highest BCUT2D eigenvalue weighted by molar-refractivity contribution is 5.91. The van der Waals surface area contributed by atoms with Gasteiger partial charge in [-0.2, -0.15) is 0 Å². The smallest absolute Gasteiger partial charge is 0.155 e. The van der Waals surface area contributed by atoms with Gasteiger partial charge in [-0.25, -0.2) is 0 Å². The van der Waals surface area contributed by atoms with Crippen molar-refractivity contribution in [2.24, 2.45) is 5.92 Å². The number of nitrogens with zero attached hydrogens (tertiary/aromatic N) is 1. The molecule has 3 aliphatic heterocycles. The van der Waals surface area contributed by atoms with Crippen LogP contribution in [0, 0.1) is 5.92 Å². The fourth-order valence-electron chi connectivity index (χ4n) is 5.53. The first-order chi connectivity index (χ1) is 10.7. The molecule has 0 spiro atoms. The average molecular weight is 295 g/mol. The van der Waals surface area contributed by atoms with Gasteiger partial charge in [0.2, 0.25) is 0 Å². The van der Waals surface area contributed by atoms with E-state index in [0.717, 1.165) is 12.8 Å². The summed E-state index contributed by atoms with van der Waals surface area (Å²) < 4.78 is 0. The second kappa shape index (κ2) is 4.45. The Morgan fingerprint density at radius 1 is 1.18 bits per heavy atom. The fraction of sp³-hybridized carbons (Fsp3) is 0.526. The van der Waals surface area contributed by atoms with Crippen molar-refractivity contribution in [2.45, 2.75) is 50.1 Å². The van der Waals surface area contributed by atoms with Gasteiger partial charge in [0, 0.05) is 24.4 Å². The topological polar surface area (TPSA) is 40.5 Å². The Morgan fingerprint density at radius 3 is 3.00 bits per heavy atom. The number of carbonyl (C=O) groups excluding carboxylic acids is 1. The standard InChI is InChI=1S/C19H21NO2/c21-12-4-3-11-8-18-14-6-5-13(22)10-16(14)19(15(11)9-12)17-2-1-7-20(17)18/h3-4,9-10,14,17-19,21H,1-2,5-8H2/t14-,17+,18+,19+/m1/s1. The number of phenols is 1. The summed E-state index contributed by atoms with van der Waals surface area (Å²) >= 11 is 0. The highest BCUT2D eigenvalue weighted by Gasteiger charge is 2.51. The van der Waals surface area contributed by atoms with E-state index in [1.54, 1.807) is 0 Å². The van der Waals surface area contributed by atoms with Crippen molar-refractivity contribution in [1.82, 2.24) is 4.90 Å².